The molecule has 0 fully saturated rings. The molecule has 12 heteroatoms. The van der Waals surface area contributed by atoms with Crippen LogP contribution in [0.4, 0.5) is 9.59 Å². The van der Waals surface area contributed by atoms with Crippen LogP contribution < -0.4 is 62.0 Å². The molecule has 0 heterocycles. The molecule has 2 atom stereocenters. The molecule has 2 aliphatic carbocycles. The number of carbonyl (C=O) groups excluding carboxylic acids is 4. The van der Waals surface area contributed by atoms with E-state index < -0.39 is 11.2 Å². The minimum Gasteiger partial charge on any atom is -0.742 e. The number of aryl methyl sites for hydroxylation is 2. The van der Waals surface area contributed by atoms with Gasteiger partial charge in [-0.05, 0) is 156 Å². The van der Waals surface area contributed by atoms with Gasteiger partial charge in [0.15, 0.2) is 5.12 Å². The zero-order chi connectivity index (χ0) is 35.4. The summed E-state index contributed by atoms with van der Waals surface area (Å²) in [7, 11) is 0. The van der Waals surface area contributed by atoms with Crippen LogP contribution in [0.1, 0.15) is 115 Å². The second kappa shape index (κ2) is 21.6. The number of hydrogen-bond acceptors (Lipinski definition) is 8. The maximum absolute atomic E-state index is 11.8. The number of carbonyl (C=O) groups is 4. The molecule has 2 aromatic carbocycles. The van der Waals surface area contributed by atoms with Crippen molar-refractivity contribution in [3.8, 4) is 0 Å². The van der Waals surface area contributed by atoms with Gasteiger partial charge in [0.05, 0.1) is 0 Å². The number of rotatable bonds is 5. The van der Waals surface area contributed by atoms with E-state index in [0.29, 0.717) is 24.9 Å². The van der Waals surface area contributed by atoms with Gasteiger partial charge in [-0.3, -0.25) is 4.79 Å². The summed E-state index contributed by atoms with van der Waals surface area (Å²) in [4.78, 5) is 45.0. The number of nitrogens with one attached hydrogen (secondary N) is 2. The largest absolute Gasteiger partial charge is 1.00 e. The second-order valence-electron chi connectivity index (χ2n) is 13.7. The van der Waals surface area contributed by atoms with Crippen molar-refractivity contribution in [3.63, 3.8) is 0 Å². The molecule has 260 valence electrons. The first-order chi connectivity index (χ1) is 21.8. The van der Waals surface area contributed by atoms with E-state index in [0.717, 1.165) is 37.0 Å². The van der Waals surface area contributed by atoms with Gasteiger partial charge < -0.3 is 37.5 Å². The number of fused-ring (bicyclic) bond motifs is 2. The van der Waals surface area contributed by atoms with Crippen LogP contribution in [0.5, 0.6) is 0 Å². The third-order valence-corrected chi connectivity index (χ3v) is 8.59. The topological polar surface area (TPSA) is 111 Å². The van der Waals surface area contributed by atoms with Crippen molar-refractivity contribution in [1.82, 2.24) is 10.6 Å². The van der Waals surface area contributed by atoms with E-state index in [4.69, 9.17) is 9.47 Å². The summed E-state index contributed by atoms with van der Waals surface area (Å²) in [5, 5.41) is 5.63. The van der Waals surface area contributed by atoms with Gasteiger partial charge in [0, 0.05) is 45.4 Å². The molecule has 48 heavy (non-hydrogen) atoms. The van der Waals surface area contributed by atoms with Crippen LogP contribution in [-0.2, 0) is 44.5 Å². The third-order valence-electron chi connectivity index (χ3n) is 7.14. The van der Waals surface area contributed by atoms with Crippen LogP contribution in [0, 0.1) is 3.57 Å². The number of ether oxygens (including phenoxy) is 2. The van der Waals surface area contributed by atoms with E-state index in [1.54, 1.807) is 6.92 Å². The Kier molecular flexibility index (Phi) is 20.4. The predicted octanol–water partition coefficient (Wildman–Crippen LogP) is 5.59. The average Bonchev–Trinajstić information content (AvgIpc) is 2.92. The summed E-state index contributed by atoms with van der Waals surface area (Å²) in [6.07, 6.45) is 5.96. The Hall–Kier alpha value is -0.744. The van der Waals surface area contributed by atoms with Crippen LogP contribution in [0.2, 0.25) is 0 Å². The summed E-state index contributed by atoms with van der Waals surface area (Å²) in [6, 6.07) is 12.8. The maximum Gasteiger partial charge on any atom is 1.00 e. The van der Waals surface area contributed by atoms with Crippen molar-refractivity contribution < 1.29 is 80.0 Å². The molecule has 0 saturated heterocycles. The normalized spacial score (nSPS) is 16.4. The Bertz CT molecular complexity index is 1390. The van der Waals surface area contributed by atoms with E-state index in [9.17, 15) is 19.2 Å². The van der Waals surface area contributed by atoms with Gasteiger partial charge in [0.2, 0.25) is 0 Å². The molecule has 0 aromatic heterocycles. The molecular formula is C36H50IKN2O6S2. The zero-order valence-electron chi connectivity index (χ0n) is 29.9. The maximum atomic E-state index is 11.8. The molecule has 0 spiro atoms. The average molecular weight is 837 g/mol. The third kappa shape index (κ3) is 18.5. The van der Waals surface area contributed by atoms with Gasteiger partial charge in [-0.1, -0.05) is 23.9 Å². The summed E-state index contributed by atoms with van der Waals surface area (Å²) >= 11 is 7.60. The van der Waals surface area contributed by atoms with Crippen molar-refractivity contribution in [2.45, 2.75) is 122 Å². The van der Waals surface area contributed by atoms with Gasteiger partial charge in [-0.25, -0.2) is 9.59 Å². The number of thioether (sulfide) groups is 1. The Morgan fingerprint density at radius 3 is 1.62 bits per heavy atom. The monoisotopic (exact) mass is 836 g/mol. The van der Waals surface area contributed by atoms with Crippen LogP contribution in [0.3, 0.4) is 0 Å². The Morgan fingerprint density at radius 1 is 0.792 bits per heavy atom. The predicted molar refractivity (Wildman–Crippen MR) is 200 cm³/mol. The van der Waals surface area contributed by atoms with Gasteiger partial charge in [0.25, 0.3) is 0 Å². The van der Waals surface area contributed by atoms with E-state index in [1.807, 2.05) is 47.6 Å². The molecule has 2 aliphatic rings. The zero-order valence-corrected chi connectivity index (χ0v) is 36.8. The molecule has 0 aliphatic heterocycles. The van der Waals surface area contributed by atoms with Crippen molar-refractivity contribution in [2.75, 3.05) is 13.1 Å². The molecular weight excluding hydrogens is 787 g/mol. The fourth-order valence-corrected chi connectivity index (χ4v) is 6.69. The van der Waals surface area contributed by atoms with E-state index in [1.165, 1.54) is 50.9 Å². The Balaban J connectivity index is 0.000000427. The Labute approximate surface area is 353 Å². The van der Waals surface area contributed by atoms with E-state index >= 15 is 0 Å². The minimum absolute atomic E-state index is 0. The van der Waals surface area contributed by atoms with Crippen molar-refractivity contribution in [2.24, 2.45) is 0 Å². The molecule has 8 nitrogen and oxygen atoms in total. The first-order valence-corrected chi connectivity index (χ1v) is 18.3. The van der Waals surface area contributed by atoms with Crippen LogP contribution >= 0.6 is 34.4 Å². The first kappa shape index (κ1) is 45.3. The van der Waals surface area contributed by atoms with Gasteiger partial charge in [-0.15, -0.1) is 0 Å². The number of hydrogen-bond donors (Lipinski definition) is 2. The molecule has 2 amide bonds. The molecule has 2 aromatic rings. The smallest absolute Gasteiger partial charge is 0.742 e. The summed E-state index contributed by atoms with van der Waals surface area (Å²) in [5.41, 5.74) is 4.46. The van der Waals surface area contributed by atoms with Crippen LogP contribution in [0.25, 0.3) is 0 Å². The van der Waals surface area contributed by atoms with Crippen LogP contribution in [-0.4, -0.2) is 46.7 Å². The van der Waals surface area contributed by atoms with Crippen molar-refractivity contribution in [3.05, 3.63) is 62.2 Å². The fraction of sp³-hybridized carbons (Fsp3) is 0.556. The number of halogens is 1. The number of amides is 2. The molecule has 2 N–H and O–H groups in total. The standard InChI is InChI=1S/C18H25NO3S.C16H22INO2.C2H4OS.K/c1-12(20)23-15-8-9-16-13(10-15)6-5-7-14(16)11-19-17(21)22-18(2,3)4;1-16(2,3)20-15(19)18-10-12-6-4-5-11-9-13(17)7-8-14(11)12;1-2(3)4;/h8-10,14H,5-7,11H2,1-4H3,(H,19,21);7-9,12H,4-6,10H2,1-3H3,(H,18,19);1H3,(H,3,4);/q;;;+1/p-1/t14-;12-;;/m00../s1. The summed E-state index contributed by atoms with van der Waals surface area (Å²) < 4.78 is 11.9. The molecule has 0 unspecified atom stereocenters. The molecule has 0 bridgehead atoms. The van der Waals surface area contributed by atoms with Crippen molar-refractivity contribution in [1.29, 1.82) is 0 Å². The van der Waals surface area contributed by atoms with Crippen LogP contribution in [0.15, 0.2) is 41.3 Å². The SMILES string of the molecule is CC(=O)Sc1ccc2c(c1)CCC[C@H]2CNC(=O)OC(C)(C)C.CC(=O)[S-].CC(C)(C)OC(=O)NC[C@@H]1CCCc2cc(I)ccc21.[K+]. The quantitative estimate of drug-likeness (QED) is 0.174. The van der Waals surface area contributed by atoms with Gasteiger partial charge in [0.1, 0.15) is 11.2 Å². The summed E-state index contributed by atoms with van der Waals surface area (Å²) in [5.74, 6) is 0.714. The fourth-order valence-electron chi connectivity index (χ4n) is 5.47. The molecule has 0 saturated carbocycles. The van der Waals surface area contributed by atoms with Crippen molar-refractivity contribution >= 4 is 69.4 Å². The molecule has 4 rings (SSSR count). The Morgan fingerprint density at radius 2 is 1.21 bits per heavy atom. The van der Waals surface area contributed by atoms with E-state index in [-0.39, 0.29) is 73.8 Å². The second-order valence-corrected chi connectivity index (χ2v) is 16.8. The van der Waals surface area contributed by atoms with Gasteiger partial charge in [-0.2, -0.15) is 0 Å². The van der Waals surface area contributed by atoms with E-state index in [2.05, 4.69) is 76.2 Å². The first-order valence-electron chi connectivity index (χ1n) is 16.0. The number of benzene rings is 2. The minimum atomic E-state index is -0.479. The van der Waals surface area contributed by atoms with Gasteiger partial charge >= 0.3 is 63.6 Å². The number of alkyl carbamates (subject to hydrolysis) is 2. The summed E-state index contributed by atoms with van der Waals surface area (Å²) in [6.45, 7) is 15.4. The molecule has 0 radical (unpaired) electrons.